The molecule has 0 aromatic carbocycles. The molecule has 4 aliphatic carbocycles. The summed E-state index contributed by atoms with van der Waals surface area (Å²) in [5.74, 6) is 3.66. The van der Waals surface area contributed by atoms with E-state index in [0.717, 1.165) is 32.0 Å². The summed E-state index contributed by atoms with van der Waals surface area (Å²) in [5.41, 5.74) is 0.529. The predicted molar refractivity (Wildman–Crippen MR) is 107 cm³/mol. The van der Waals surface area contributed by atoms with E-state index in [1.807, 2.05) is 0 Å². The zero-order valence-electron chi connectivity index (χ0n) is 17.4. The number of allylic oxidation sites excluding steroid dienone is 2. The summed E-state index contributed by atoms with van der Waals surface area (Å²) in [6, 6.07) is 0. The van der Waals surface area contributed by atoms with E-state index in [0.29, 0.717) is 53.1 Å². The zero-order chi connectivity index (χ0) is 19.4. The van der Waals surface area contributed by atoms with Gasteiger partial charge >= 0.3 is 0 Å². The fourth-order valence-corrected chi connectivity index (χ4v) is 8.18. The summed E-state index contributed by atoms with van der Waals surface area (Å²) in [5, 5.41) is 21.3. The van der Waals surface area contributed by atoms with Gasteiger partial charge in [0.2, 0.25) is 0 Å². The minimum Gasteiger partial charge on any atom is -0.512 e. The molecule has 5 unspecified atom stereocenters. The Labute approximate surface area is 164 Å². The van der Waals surface area contributed by atoms with Gasteiger partial charge in [-0.2, -0.15) is 0 Å². The van der Waals surface area contributed by atoms with E-state index in [4.69, 9.17) is 0 Å². The Morgan fingerprint density at radius 1 is 1.15 bits per heavy atom. The molecule has 0 amide bonds. The maximum absolute atomic E-state index is 11.1. The average Bonchev–Trinajstić information content (AvgIpc) is 2.98. The molecule has 152 valence electrons. The second kappa shape index (κ2) is 6.90. The van der Waals surface area contributed by atoms with Crippen LogP contribution in [0.25, 0.3) is 0 Å². The maximum Gasteiger partial charge on any atom is 0.120 e. The third-order valence-corrected chi connectivity index (χ3v) is 9.72. The molecular weight excluding hydrogens is 336 g/mol. The minimum absolute atomic E-state index is 0.202. The highest BCUT2D eigenvalue weighted by Gasteiger charge is 2.61. The van der Waals surface area contributed by atoms with Crippen LogP contribution in [0.3, 0.4) is 0 Å². The molecule has 27 heavy (non-hydrogen) atoms. The van der Waals surface area contributed by atoms with E-state index in [9.17, 15) is 15.0 Å². The lowest BCUT2D eigenvalue weighted by molar-refractivity contribution is -0.108. The van der Waals surface area contributed by atoms with E-state index >= 15 is 0 Å². The molecule has 4 rings (SSSR count). The molecule has 3 nitrogen and oxygen atoms in total. The molecular formula is C24H38O3. The SMILES string of the molecule is C[C@H](CCC=O)C1CCC2C3C(O)=CC4C[C@H](O)CC[C@]4(C)C3CC[C@@]21C. The van der Waals surface area contributed by atoms with Crippen LogP contribution in [0.15, 0.2) is 11.8 Å². The number of carbonyl (C=O) groups is 1. The van der Waals surface area contributed by atoms with Crippen molar-refractivity contribution in [2.24, 2.45) is 46.3 Å². The van der Waals surface area contributed by atoms with Crippen LogP contribution in [0.2, 0.25) is 0 Å². The Bertz CT molecular complexity index is 613. The quantitative estimate of drug-likeness (QED) is 0.658. The van der Waals surface area contributed by atoms with Gasteiger partial charge in [-0.05, 0) is 97.9 Å². The van der Waals surface area contributed by atoms with Crippen LogP contribution in [-0.4, -0.2) is 22.6 Å². The molecule has 0 heterocycles. The van der Waals surface area contributed by atoms with E-state index in [1.54, 1.807) is 0 Å². The molecule has 4 aliphatic rings. The lowest BCUT2D eigenvalue weighted by atomic mass is 9.46. The van der Waals surface area contributed by atoms with Crippen LogP contribution < -0.4 is 0 Å². The highest BCUT2D eigenvalue weighted by Crippen LogP contribution is 2.68. The normalized spacial score (nSPS) is 50.1. The molecule has 0 aromatic heterocycles. The number of hydrogen-bond acceptors (Lipinski definition) is 3. The monoisotopic (exact) mass is 374 g/mol. The Morgan fingerprint density at radius 2 is 1.85 bits per heavy atom. The fourth-order valence-electron chi connectivity index (χ4n) is 8.18. The molecule has 0 aliphatic heterocycles. The number of carbonyl (C=O) groups excluding carboxylic acids is 1. The van der Waals surface area contributed by atoms with E-state index in [-0.39, 0.29) is 11.5 Å². The third kappa shape index (κ3) is 2.91. The van der Waals surface area contributed by atoms with Gasteiger partial charge in [-0.15, -0.1) is 0 Å². The average molecular weight is 375 g/mol. The van der Waals surface area contributed by atoms with Gasteiger partial charge < -0.3 is 15.0 Å². The molecule has 0 radical (unpaired) electrons. The number of aliphatic hydroxyl groups excluding tert-OH is 2. The topological polar surface area (TPSA) is 57.5 Å². The van der Waals surface area contributed by atoms with Gasteiger partial charge in [-0.3, -0.25) is 0 Å². The van der Waals surface area contributed by atoms with Gasteiger partial charge in [0.15, 0.2) is 0 Å². The van der Waals surface area contributed by atoms with Gasteiger partial charge in [-0.25, -0.2) is 0 Å². The Balaban J connectivity index is 1.62. The molecule has 3 saturated carbocycles. The van der Waals surface area contributed by atoms with Gasteiger partial charge in [0.25, 0.3) is 0 Å². The Hall–Kier alpha value is -0.830. The first-order valence-electron chi connectivity index (χ1n) is 11.3. The van der Waals surface area contributed by atoms with Crippen molar-refractivity contribution in [2.45, 2.75) is 84.7 Å². The summed E-state index contributed by atoms with van der Waals surface area (Å²) >= 11 is 0. The van der Waals surface area contributed by atoms with Crippen LogP contribution >= 0.6 is 0 Å². The molecule has 0 bridgehead atoms. The Kier molecular flexibility index (Phi) is 4.98. The highest BCUT2D eigenvalue weighted by molar-refractivity contribution is 5.49. The van der Waals surface area contributed by atoms with E-state index < -0.39 is 0 Å². The molecule has 9 atom stereocenters. The van der Waals surface area contributed by atoms with Crippen LogP contribution in [0.1, 0.15) is 78.6 Å². The van der Waals surface area contributed by atoms with Gasteiger partial charge in [0, 0.05) is 12.3 Å². The molecule has 0 aromatic rings. The van der Waals surface area contributed by atoms with Crippen molar-refractivity contribution in [3.05, 3.63) is 11.8 Å². The van der Waals surface area contributed by atoms with Crippen molar-refractivity contribution in [3.63, 3.8) is 0 Å². The lowest BCUT2D eigenvalue weighted by Crippen LogP contribution is -2.53. The van der Waals surface area contributed by atoms with Crippen molar-refractivity contribution in [1.29, 1.82) is 0 Å². The van der Waals surface area contributed by atoms with Crippen molar-refractivity contribution in [3.8, 4) is 0 Å². The van der Waals surface area contributed by atoms with Crippen LogP contribution in [-0.2, 0) is 4.79 Å². The number of rotatable bonds is 4. The minimum atomic E-state index is -0.202. The number of aliphatic hydroxyl groups is 2. The second-order valence-electron chi connectivity index (χ2n) is 10.8. The van der Waals surface area contributed by atoms with Gasteiger partial charge in [0.1, 0.15) is 6.29 Å². The van der Waals surface area contributed by atoms with Gasteiger partial charge in [-0.1, -0.05) is 20.8 Å². The predicted octanol–water partition coefficient (Wildman–Crippen LogP) is 5.28. The second-order valence-corrected chi connectivity index (χ2v) is 10.8. The van der Waals surface area contributed by atoms with Crippen molar-refractivity contribution in [2.75, 3.05) is 0 Å². The standard InChI is InChI=1S/C24H38O3/c1-15(5-4-12-25)18-6-7-19-22-20(9-11-24(18,19)3)23(2)10-8-17(26)13-16(23)14-21(22)27/h12,14-20,22,26-27H,4-11,13H2,1-3H3/t15-,16?,17-,18?,19?,20?,22?,23+,24-/m1/s1. The largest absolute Gasteiger partial charge is 0.512 e. The van der Waals surface area contributed by atoms with Crippen molar-refractivity contribution in [1.82, 2.24) is 0 Å². The summed E-state index contributed by atoms with van der Waals surface area (Å²) < 4.78 is 0. The highest BCUT2D eigenvalue weighted by atomic mass is 16.3. The van der Waals surface area contributed by atoms with E-state index in [1.165, 1.54) is 25.7 Å². The van der Waals surface area contributed by atoms with Gasteiger partial charge in [0.05, 0.1) is 11.9 Å². The first-order valence-corrected chi connectivity index (χ1v) is 11.3. The van der Waals surface area contributed by atoms with Crippen LogP contribution in [0.4, 0.5) is 0 Å². The van der Waals surface area contributed by atoms with Crippen LogP contribution in [0, 0.1) is 46.3 Å². The fraction of sp³-hybridized carbons (Fsp3) is 0.875. The lowest BCUT2D eigenvalue weighted by Gasteiger charge is -2.59. The zero-order valence-corrected chi connectivity index (χ0v) is 17.4. The van der Waals surface area contributed by atoms with Crippen molar-refractivity contribution < 1.29 is 15.0 Å². The molecule has 2 N–H and O–H groups in total. The molecule has 0 spiro atoms. The summed E-state index contributed by atoms with van der Waals surface area (Å²) in [6.45, 7) is 7.26. The van der Waals surface area contributed by atoms with Crippen molar-refractivity contribution >= 4 is 6.29 Å². The summed E-state index contributed by atoms with van der Waals surface area (Å²) in [7, 11) is 0. The third-order valence-electron chi connectivity index (χ3n) is 9.72. The number of aldehydes is 1. The van der Waals surface area contributed by atoms with Crippen LogP contribution in [0.5, 0.6) is 0 Å². The first-order chi connectivity index (χ1) is 12.8. The number of fused-ring (bicyclic) bond motifs is 5. The molecule has 3 fully saturated rings. The smallest absolute Gasteiger partial charge is 0.120 e. The molecule has 3 heteroatoms. The summed E-state index contributed by atoms with van der Waals surface area (Å²) in [6.07, 6.45) is 12.4. The summed E-state index contributed by atoms with van der Waals surface area (Å²) in [4.78, 5) is 10.9. The van der Waals surface area contributed by atoms with E-state index in [2.05, 4.69) is 26.8 Å². The number of hydrogen-bond donors (Lipinski definition) is 2. The maximum atomic E-state index is 11.1. The Morgan fingerprint density at radius 3 is 2.59 bits per heavy atom. The first kappa shape index (κ1) is 19.5. The molecule has 0 saturated heterocycles.